The average Bonchev–Trinajstić information content (AvgIpc) is 2.53. The third kappa shape index (κ3) is 3.99. The smallest absolute Gasteiger partial charge is 0.169 e. The first-order valence-corrected chi connectivity index (χ1v) is 7.42. The summed E-state index contributed by atoms with van der Waals surface area (Å²) >= 11 is 0. The van der Waals surface area contributed by atoms with Crippen molar-refractivity contribution in [1.82, 2.24) is 5.32 Å². The first-order chi connectivity index (χ1) is 10.3. The lowest BCUT2D eigenvalue weighted by atomic mass is 10.0. The molecule has 0 aliphatic rings. The zero-order valence-electron chi connectivity index (χ0n) is 12.9. The van der Waals surface area contributed by atoms with E-state index in [4.69, 9.17) is 9.47 Å². The molecule has 1 atom stereocenters. The van der Waals surface area contributed by atoms with Crippen LogP contribution in [-0.2, 0) is 0 Å². The Morgan fingerprint density at radius 3 is 2.43 bits per heavy atom. The van der Waals surface area contributed by atoms with Crippen LogP contribution in [0.2, 0.25) is 0 Å². The van der Waals surface area contributed by atoms with Crippen molar-refractivity contribution >= 4 is 0 Å². The maximum atomic E-state index is 5.96. The van der Waals surface area contributed by atoms with Crippen LogP contribution in [0.5, 0.6) is 17.2 Å². The summed E-state index contributed by atoms with van der Waals surface area (Å²) in [5.74, 6) is 2.30. The van der Waals surface area contributed by atoms with E-state index in [9.17, 15) is 0 Å². The highest BCUT2D eigenvalue weighted by Crippen LogP contribution is 2.32. The van der Waals surface area contributed by atoms with Crippen LogP contribution in [-0.4, -0.2) is 13.7 Å². The van der Waals surface area contributed by atoms with Crippen LogP contribution in [0, 0.1) is 0 Å². The first-order valence-electron chi connectivity index (χ1n) is 7.42. The number of hydrogen-bond donors (Lipinski definition) is 1. The molecule has 2 aromatic rings. The van der Waals surface area contributed by atoms with E-state index in [-0.39, 0.29) is 0 Å². The molecule has 0 amide bonds. The number of ether oxygens (including phenoxy) is 2. The van der Waals surface area contributed by atoms with Gasteiger partial charge in [-0.25, -0.2) is 0 Å². The van der Waals surface area contributed by atoms with E-state index in [0.717, 1.165) is 30.2 Å². The Bertz CT molecular complexity index is 569. The van der Waals surface area contributed by atoms with Gasteiger partial charge < -0.3 is 14.8 Å². The van der Waals surface area contributed by atoms with Gasteiger partial charge in [0.05, 0.1) is 7.11 Å². The second kappa shape index (κ2) is 7.70. The van der Waals surface area contributed by atoms with Crippen LogP contribution in [0.25, 0.3) is 0 Å². The van der Waals surface area contributed by atoms with Gasteiger partial charge in [-0.2, -0.15) is 0 Å². The number of hydrogen-bond acceptors (Lipinski definition) is 3. The lowest BCUT2D eigenvalue weighted by Crippen LogP contribution is -2.19. The van der Waals surface area contributed by atoms with Gasteiger partial charge in [-0.15, -0.1) is 0 Å². The summed E-state index contributed by atoms with van der Waals surface area (Å²) in [7, 11) is 1.65. The average molecular weight is 285 g/mol. The quantitative estimate of drug-likeness (QED) is 0.809. The van der Waals surface area contributed by atoms with E-state index in [1.807, 2.05) is 36.4 Å². The monoisotopic (exact) mass is 285 g/mol. The Kier molecular flexibility index (Phi) is 5.64. The second-order valence-corrected chi connectivity index (χ2v) is 4.84. The molecule has 3 nitrogen and oxygen atoms in total. The molecule has 0 saturated carbocycles. The SMILES string of the molecule is CCNC(CC)c1cccc(Oc2ccccc2OC)c1. The van der Waals surface area contributed by atoms with Gasteiger partial charge in [-0.3, -0.25) is 0 Å². The van der Waals surface area contributed by atoms with Crippen LogP contribution in [0.3, 0.4) is 0 Å². The molecule has 0 spiro atoms. The Morgan fingerprint density at radius 2 is 1.76 bits per heavy atom. The molecule has 21 heavy (non-hydrogen) atoms. The van der Waals surface area contributed by atoms with Crippen molar-refractivity contribution in [3.63, 3.8) is 0 Å². The van der Waals surface area contributed by atoms with Gasteiger partial charge in [0.25, 0.3) is 0 Å². The second-order valence-electron chi connectivity index (χ2n) is 4.84. The molecule has 0 bridgehead atoms. The normalized spacial score (nSPS) is 12.0. The van der Waals surface area contributed by atoms with Crippen LogP contribution in [0.4, 0.5) is 0 Å². The van der Waals surface area contributed by atoms with E-state index < -0.39 is 0 Å². The predicted octanol–water partition coefficient (Wildman–Crippen LogP) is 4.55. The van der Waals surface area contributed by atoms with Gasteiger partial charge in [0.2, 0.25) is 0 Å². The third-order valence-corrected chi connectivity index (χ3v) is 3.42. The summed E-state index contributed by atoms with van der Waals surface area (Å²) in [6.45, 7) is 5.26. The molecular weight excluding hydrogens is 262 g/mol. The Morgan fingerprint density at radius 1 is 1.00 bits per heavy atom. The largest absolute Gasteiger partial charge is 0.493 e. The molecule has 1 unspecified atom stereocenters. The van der Waals surface area contributed by atoms with Gasteiger partial charge in [-0.1, -0.05) is 38.1 Å². The molecule has 0 aliphatic carbocycles. The number of rotatable bonds is 7. The van der Waals surface area contributed by atoms with Gasteiger partial charge >= 0.3 is 0 Å². The maximum absolute atomic E-state index is 5.96. The summed E-state index contributed by atoms with van der Waals surface area (Å²) < 4.78 is 11.3. The molecule has 0 heterocycles. The van der Waals surface area contributed by atoms with Crippen LogP contribution in [0.15, 0.2) is 48.5 Å². The lowest BCUT2D eigenvalue weighted by Gasteiger charge is -2.17. The minimum absolute atomic E-state index is 0.358. The molecule has 2 rings (SSSR count). The van der Waals surface area contributed by atoms with E-state index in [2.05, 4.69) is 31.3 Å². The van der Waals surface area contributed by atoms with Crippen molar-refractivity contribution in [3.05, 3.63) is 54.1 Å². The Hall–Kier alpha value is -2.00. The molecular formula is C18H23NO2. The van der Waals surface area contributed by atoms with Crippen LogP contribution >= 0.6 is 0 Å². The van der Waals surface area contributed by atoms with Crippen molar-refractivity contribution in [2.24, 2.45) is 0 Å². The van der Waals surface area contributed by atoms with Crippen LogP contribution < -0.4 is 14.8 Å². The lowest BCUT2D eigenvalue weighted by molar-refractivity contribution is 0.378. The predicted molar refractivity (Wildman–Crippen MR) is 86.2 cm³/mol. The molecule has 1 N–H and O–H groups in total. The molecule has 0 saturated heterocycles. The third-order valence-electron chi connectivity index (χ3n) is 3.42. The fraction of sp³-hybridized carbons (Fsp3) is 0.333. The summed E-state index contributed by atoms with van der Waals surface area (Å²) in [6, 6.07) is 16.2. The highest BCUT2D eigenvalue weighted by molar-refractivity contribution is 5.43. The number of methoxy groups -OCH3 is 1. The Labute approximate surface area is 126 Å². The molecule has 0 fully saturated rings. The number of benzene rings is 2. The van der Waals surface area contributed by atoms with Crippen molar-refractivity contribution < 1.29 is 9.47 Å². The highest BCUT2D eigenvalue weighted by Gasteiger charge is 2.10. The van der Waals surface area contributed by atoms with Crippen LogP contribution in [0.1, 0.15) is 31.9 Å². The summed E-state index contributed by atoms with van der Waals surface area (Å²) in [4.78, 5) is 0. The number of para-hydroxylation sites is 2. The zero-order valence-corrected chi connectivity index (χ0v) is 12.9. The van der Waals surface area contributed by atoms with Gasteiger partial charge in [0, 0.05) is 6.04 Å². The molecule has 3 heteroatoms. The van der Waals surface area contributed by atoms with Gasteiger partial charge in [0.15, 0.2) is 11.5 Å². The van der Waals surface area contributed by atoms with Crippen molar-refractivity contribution in [2.75, 3.05) is 13.7 Å². The van der Waals surface area contributed by atoms with E-state index in [1.165, 1.54) is 5.56 Å². The molecule has 0 radical (unpaired) electrons. The standard InChI is InChI=1S/C18H23NO2/c1-4-16(19-5-2)14-9-8-10-15(13-14)21-18-12-7-6-11-17(18)20-3/h6-13,16,19H,4-5H2,1-3H3. The fourth-order valence-corrected chi connectivity index (χ4v) is 2.37. The molecule has 0 aromatic heterocycles. The topological polar surface area (TPSA) is 30.5 Å². The fourth-order valence-electron chi connectivity index (χ4n) is 2.37. The van der Waals surface area contributed by atoms with Crippen molar-refractivity contribution in [3.8, 4) is 17.2 Å². The van der Waals surface area contributed by atoms with Crippen molar-refractivity contribution in [2.45, 2.75) is 26.3 Å². The summed E-state index contributed by atoms with van der Waals surface area (Å²) in [5, 5.41) is 3.48. The minimum atomic E-state index is 0.358. The van der Waals surface area contributed by atoms with E-state index >= 15 is 0 Å². The Balaban J connectivity index is 2.21. The zero-order chi connectivity index (χ0) is 15.1. The maximum Gasteiger partial charge on any atom is 0.169 e. The van der Waals surface area contributed by atoms with E-state index in [1.54, 1.807) is 7.11 Å². The summed E-state index contributed by atoms with van der Waals surface area (Å²) in [5.41, 5.74) is 1.24. The number of nitrogens with one attached hydrogen (secondary N) is 1. The molecule has 0 aliphatic heterocycles. The highest BCUT2D eigenvalue weighted by atomic mass is 16.5. The first kappa shape index (κ1) is 15.4. The molecule has 2 aromatic carbocycles. The van der Waals surface area contributed by atoms with Gasteiger partial charge in [-0.05, 0) is 42.8 Å². The van der Waals surface area contributed by atoms with Gasteiger partial charge in [0.1, 0.15) is 5.75 Å². The minimum Gasteiger partial charge on any atom is -0.493 e. The van der Waals surface area contributed by atoms with Crippen molar-refractivity contribution in [1.29, 1.82) is 0 Å². The van der Waals surface area contributed by atoms with E-state index in [0.29, 0.717) is 6.04 Å². The summed E-state index contributed by atoms with van der Waals surface area (Å²) in [6.07, 6.45) is 1.05. The molecule has 112 valence electrons.